The summed E-state index contributed by atoms with van der Waals surface area (Å²) in [5.74, 6) is -0.720. The molecular formula is C16H12ClNO4. The second kappa shape index (κ2) is 5.69. The summed E-state index contributed by atoms with van der Waals surface area (Å²) in [4.78, 5) is 24.1. The van der Waals surface area contributed by atoms with E-state index in [2.05, 4.69) is 0 Å². The van der Waals surface area contributed by atoms with Crippen molar-refractivity contribution in [2.24, 2.45) is 0 Å². The summed E-state index contributed by atoms with van der Waals surface area (Å²) in [7, 11) is 0. The van der Waals surface area contributed by atoms with Crippen molar-refractivity contribution >= 4 is 28.6 Å². The highest BCUT2D eigenvalue weighted by molar-refractivity contribution is 6.30. The molecule has 0 fully saturated rings. The fraction of sp³-hybridized carbons (Fsp3) is 0.125. The van der Waals surface area contributed by atoms with Crippen LogP contribution in [0.2, 0.25) is 5.02 Å². The number of oxazole rings is 1. The van der Waals surface area contributed by atoms with Crippen molar-refractivity contribution in [2.75, 3.05) is 6.61 Å². The van der Waals surface area contributed by atoms with Crippen LogP contribution in [-0.4, -0.2) is 17.1 Å². The number of halogens is 1. The Morgan fingerprint density at radius 1 is 1.23 bits per heavy atom. The molecule has 22 heavy (non-hydrogen) atoms. The van der Waals surface area contributed by atoms with Gasteiger partial charge in [0.25, 0.3) is 5.91 Å². The lowest BCUT2D eigenvalue weighted by Crippen LogP contribution is -2.27. The van der Waals surface area contributed by atoms with Crippen LogP contribution in [0.25, 0.3) is 11.1 Å². The van der Waals surface area contributed by atoms with E-state index in [4.69, 9.17) is 20.8 Å². The summed E-state index contributed by atoms with van der Waals surface area (Å²) in [6.45, 7) is 1.60. The number of nitrogens with zero attached hydrogens (tertiary/aromatic N) is 1. The molecule has 0 radical (unpaired) electrons. The maximum absolute atomic E-state index is 12.2. The topological polar surface area (TPSA) is 61.4 Å². The zero-order valence-electron chi connectivity index (χ0n) is 11.7. The molecule has 1 heterocycles. The fourth-order valence-corrected chi connectivity index (χ4v) is 2.23. The van der Waals surface area contributed by atoms with Gasteiger partial charge in [0.05, 0.1) is 5.52 Å². The summed E-state index contributed by atoms with van der Waals surface area (Å²) in [5.41, 5.74) is 1.75. The van der Waals surface area contributed by atoms with E-state index in [1.54, 1.807) is 42.5 Å². The van der Waals surface area contributed by atoms with Gasteiger partial charge in [0, 0.05) is 5.02 Å². The van der Waals surface area contributed by atoms with E-state index >= 15 is 0 Å². The summed E-state index contributed by atoms with van der Waals surface area (Å²) in [6, 6.07) is 11.8. The van der Waals surface area contributed by atoms with Crippen LogP contribution >= 0.6 is 11.6 Å². The van der Waals surface area contributed by atoms with E-state index in [-0.39, 0.29) is 6.61 Å². The first kappa shape index (κ1) is 14.4. The first-order valence-electron chi connectivity index (χ1n) is 6.58. The van der Waals surface area contributed by atoms with E-state index in [9.17, 15) is 9.59 Å². The normalized spacial score (nSPS) is 10.8. The molecule has 3 rings (SSSR count). The van der Waals surface area contributed by atoms with Gasteiger partial charge < -0.3 is 9.15 Å². The lowest BCUT2D eigenvalue weighted by atomic mass is 10.2. The van der Waals surface area contributed by atoms with Crippen LogP contribution in [0.3, 0.4) is 0 Å². The second-order valence-electron chi connectivity index (χ2n) is 4.81. The highest BCUT2D eigenvalue weighted by atomic mass is 35.5. The fourth-order valence-electron chi connectivity index (χ4n) is 2.10. The smallest absolute Gasteiger partial charge is 0.426 e. The van der Waals surface area contributed by atoms with E-state index in [1.807, 2.05) is 6.92 Å². The van der Waals surface area contributed by atoms with Gasteiger partial charge in [-0.1, -0.05) is 17.7 Å². The minimum absolute atomic E-state index is 0.274. The average Bonchev–Trinajstić information content (AvgIpc) is 2.81. The van der Waals surface area contributed by atoms with Crippen LogP contribution in [0.15, 0.2) is 51.7 Å². The standard InChI is InChI=1S/C16H12ClNO4/c1-10-2-7-13-14(8-10)22-16(20)18(13)15(19)9-21-12-5-3-11(17)4-6-12/h2-8H,9H2,1H3. The van der Waals surface area contributed by atoms with Crippen LogP contribution in [-0.2, 0) is 0 Å². The number of ether oxygens (including phenoxy) is 1. The van der Waals surface area contributed by atoms with Crippen molar-refractivity contribution in [3.63, 3.8) is 0 Å². The second-order valence-corrected chi connectivity index (χ2v) is 5.25. The third kappa shape index (κ3) is 2.76. The molecule has 1 aromatic heterocycles. The molecule has 0 spiro atoms. The molecule has 112 valence electrons. The molecule has 0 saturated heterocycles. The third-order valence-corrected chi connectivity index (χ3v) is 3.41. The number of aryl methyl sites for hydroxylation is 1. The Morgan fingerprint density at radius 3 is 2.68 bits per heavy atom. The van der Waals surface area contributed by atoms with Gasteiger partial charge >= 0.3 is 5.76 Å². The van der Waals surface area contributed by atoms with Gasteiger partial charge in [0.1, 0.15) is 5.75 Å². The molecule has 0 bridgehead atoms. The van der Waals surface area contributed by atoms with Gasteiger partial charge in [-0.3, -0.25) is 4.79 Å². The molecule has 5 nitrogen and oxygen atoms in total. The van der Waals surface area contributed by atoms with Gasteiger partial charge in [0.15, 0.2) is 12.2 Å². The first-order valence-corrected chi connectivity index (χ1v) is 6.96. The van der Waals surface area contributed by atoms with Crippen LogP contribution in [0.4, 0.5) is 0 Å². The molecule has 0 aliphatic rings. The Bertz CT molecular complexity index is 893. The summed E-state index contributed by atoms with van der Waals surface area (Å²) in [5, 5.41) is 0.575. The Hall–Kier alpha value is -2.53. The molecular weight excluding hydrogens is 306 g/mol. The average molecular weight is 318 g/mol. The van der Waals surface area contributed by atoms with E-state index in [0.717, 1.165) is 10.1 Å². The Morgan fingerprint density at radius 2 is 1.95 bits per heavy atom. The monoisotopic (exact) mass is 317 g/mol. The van der Waals surface area contributed by atoms with E-state index in [0.29, 0.717) is 21.9 Å². The molecule has 2 aromatic carbocycles. The molecule has 0 aliphatic heterocycles. The molecule has 0 unspecified atom stereocenters. The quantitative estimate of drug-likeness (QED) is 0.743. The maximum atomic E-state index is 12.2. The SMILES string of the molecule is Cc1ccc2c(c1)oc(=O)n2C(=O)COc1ccc(Cl)cc1. The number of hydrogen-bond acceptors (Lipinski definition) is 4. The summed E-state index contributed by atoms with van der Waals surface area (Å²) >= 11 is 5.77. The molecule has 0 amide bonds. The van der Waals surface area contributed by atoms with Gasteiger partial charge in [-0.2, -0.15) is 0 Å². The van der Waals surface area contributed by atoms with E-state index < -0.39 is 11.7 Å². The van der Waals surface area contributed by atoms with Gasteiger partial charge in [0.2, 0.25) is 0 Å². The molecule has 0 saturated carbocycles. The number of carbonyl (C=O) groups is 1. The Kier molecular flexibility index (Phi) is 3.73. The van der Waals surface area contributed by atoms with Gasteiger partial charge in [-0.05, 0) is 48.9 Å². The number of carbonyl (C=O) groups excluding carboxylic acids is 1. The molecule has 0 atom stereocenters. The molecule has 0 aliphatic carbocycles. The lowest BCUT2D eigenvalue weighted by molar-refractivity contribution is 0.0834. The van der Waals surface area contributed by atoms with Crippen LogP contribution in [0.1, 0.15) is 10.4 Å². The van der Waals surface area contributed by atoms with Crippen LogP contribution in [0.5, 0.6) is 5.75 Å². The zero-order chi connectivity index (χ0) is 15.7. The minimum atomic E-state index is -0.717. The highest BCUT2D eigenvalue weighted by Crippen LogP contribution is 2.17. The van der Waals surface area contributed by atoms with Gasteiger partial charge in [-0.25, -0.2) is 9.36 Å². The number of aromatic nitrogens is 1. The zero-order valence-corrected chi connectivity index (χ0v) is 12.5. The molecule has 0 N–H and O–H groups in total. The van der Waals surface area contributed by atoms with E-state index in [1.165, 1.54) is 0 Å². The van der Waals surface area contributed by atoms with Crippen molar-refractivity contribution in [3.05, 3.63) is 63.6 Å². The Labute approximate surface area is 130 Å². The predicted octanol–water partition coefficient (Wildman–Crippen LogP) is 3.28. The van der Waals surface area contributed by atoms with Gasteiger partial charge in [-0.15, -0.1) is 0 Å². The largest absolute Gasteiger partial charge is 0.484 e. The summed E-state index contributed by atoms with van der Waals surface area (Å²) in [6.07, 6.45) is 0. The minimum Gasteiger partial charge on any atom is -0.484 e. The Balaban J connectivity index is 1.84. The number of rotatable bonds is 3. The van der Waals surface area contributed by atoms with Crippen LogP contribution < -0.4 is 10.5 Å². The van der Waals surface area contributed by atoms with Crippen molar-refractivity contribution < 1.29 is 13.9 Å². The van der Waals surface area contributed by atoms with Crippen molar-refractivity contribution in [3.8, 4) is 5.75 Å². The lowest BCUT2D eigenvalue weighted by Gasteiger charge is -2.05. The van der Waals surface area contributed by atoms with Crippen molar-refractivity contribution in [1.29, 1.82) is 0 Å². The maximum Gasteiger partial charge on any atom is 0.426 e. The number of fused-ring (bicyclic) bond motifs is 1. The number of hydrogen-bond donors (Lipinski definition) is 0. The van der Waals surface area contributed by atoms with Crippen molar-refractivity contribution in [1.82, 2.24) is 4.57 Å². The third-order valence-electron chi connectivity index (χ3n) is 3.16. The van der Waals surface area contributed by atoms with Crippen molar-refractivity contribution in [2.45, 2.75) is 6.92 Å². The van der Waals surface area contributed by atoms with Crippen LogP contribution in [0, 0.1) is 6.92 Å². The summed E-state index contributed by atoms with van der Waals surface area (Å²) < 4.78 is 11.4. The number of benzene rings is 2. The molecule has 6 heteroatoms. The molecule has 3 aromatic rings. The predicted molar refractivity (Wildman–Crippen MR) is 82.8 cm³/mol. The highest BCUT2D eigenvalue weighted by Gasteiger charge is 2.16. The first-order chi connectivity index (χ1) is 10.5.